The molecule has 20 heavy (non-hydrogen) atoms. The van der Waals surface area contributed by atoms with Crippen LogP contribution in [0.5, 0.6) is 5.75 Å². The first-order valence-electron chi connectivity index (χ1n) is 6.67. The van der Waals surface area contributed by atoms with Crippen LogP contribution in [0.3, 0.4) is 0 Å². The molecule has 2 rings (SSSR count). The van der Waals surface area contributed by atoms with Crippen molar-refractivity contribution in [2.45, 2.75) is 12.6 Å². The molecule has 0 amide bonds. The predicted octanol–water partition coefficient (Wildman–Crippen LogP) is 2.22. The Hall–Kier alpha value is -1.91. The van der Waals surface area contributed by atoms with Gasteiger partial charge in [0.1, 0.15) is 5.75 Å². The predicted molar refractivity (Wildman–Crippen MR) is 80.5 cm³/mol. The van der Waals surface area contributed by atoms with E-state index in [4.69, 9.17) is 10.5 Å². The summed E-state index contributed by atoms with van der Waals surface area (Å²) < 4.78 is 5.17. The fourth-order valence-corrected chi connectivity index (χ4v) is 2.29. The number of likely N-dealkylation sites (N-methyl/N-ethyl adjacent to an activating group) is 1. The van der Waals surface area contributed by atoms with Crippen molar-refractivity contribution < 1.29 is 4.74 Å². The molecule has 0 spiro atoms. The van der Waals surface area contributed by atoms with Crippen LogP contribution in [0.25, 0.3) is 0 Å². The molecular weight excluding hydrogens is 250 g/mol. The first kappa shape index (κ1) is 14.5. The van der Waals surface area contributed by atoms with E-state index in [9.17, 15) is 0 Å². The number of ether oxygens (including phenoxy) is 1. The lowest BCUT2D eigenvalue weighted by molar-refractivity contribution is 0.241. The van der Waals surface area contributed by atoms with Gasteiger partial charge in [0, 0.05) is 31.5 Å². The zero-order chi connectivity index (χ0) is 14.4. The van der Waals surface area contributed by atoms with Crippen molar-refractivity contribution in [1.29, 1.82) is 0 Å². The first-order valence-corrected chi connectivity index (χ1v) is 6.67. The molecule has 0 bridgehead atoms. The van der Waals surface area contributed by atoms with Crippen LogP contribution in [-0.2, 0) is 6.54 Å². The molecule has 2 aromatic rings. The highest BCUT2D eigenvalue weighted by molar-refractivity contribution is 5.27. The van der Waals surface area contributed by atoms with Gasteiger partial charge in [0.05, 0.1) is 7.11 Å². The number of rotatable bonds is 6. The Morgan fingerprint density at radius 2 is 1.80 bits per heavy atom. The zero-order valence-electron chi connectivity index (χ0n) is 12.0. The zero-order valence-corrected chi connectivity index (χ0v) is 12.0. The van der Waals surface area contributed by atoms with Crippen LogP contribution in [0.1, 0.15) is 17.2 Å². The minimum absolute atomic E-state index is 0.195. The van der Waals surface area contributed by atoms with Crippen molar-refractivity contribution >= 4 is 0 Å². The van der Waals surface area contributed by atoms with E-state index >= 15 is 0 Å². The van der Waals surface area contributed by atoms with Crippen LogP contribution in [0.15, 0.2) is 48.8 Å². The molecule has 0 fully saturated rings. The SMILES string of the molecule is COc1ccc(CN(C)C(CN)c2ccncc2)cc1. The number of hydrogen-bond donors (Lipinski definition) is 1. The average molecular weight is 271 g/mol. The van der Waals surface area contributed by atoms with E-state index in [1.165, 1.54) is 11.1 Å². The fourth-order valence-electron chi connectivity index (χ4n) is 2.29. The summed E-state index contributed by atoms with van der Waals surface area (Å²) in [6, 6.07) is 12.3. The molecule has 4 nitrogen and oxygen atoms in total. The van der Waals surface area contributed by atoms with Crippen molar-refractivity contribution in [2.75, 3.05) is 20.7 Å². The number of nitrogens with two attached hydrogens (primary N) is 1. The molecule has 0 aliphatic heterocycles. The van der Waals surface area contributed by atoms with Gasteiger partial charge in [0.2, 0.25) is 0 Å². The highest BCUT2D eigenvalue weighted by Crippen LogP contribution is 2.20. The summed E-state index contributed by atoms with van der Waals surface area (Å²) in [5, 5.41) is 0. The van der Waals surface area contributed by atoms with Crippen molar-refractivity contribution in [2.24, 2.45) is 5.73 Å². The Bertz CT molecular complexity index is 513. The normalized spacial score (nSPS) is 12.4. The third-order valence-electron chi connectivity index (χ3n) is 3.44. The molecule has 1 aromatic carbocycles. The summed E-state index contributed by atoms with van der Waals surface area (Å²) in [6.45, 7) is 1.42. The van der Waals surface area contributed by atoms with Crippen LogP contribution in [0.2, 0.25) is 0 Å². The highest BCUT2D eigenvalue weighted by atomic mass is 16.5. The standard InChI is InChI=1S/C16H21N3O/c1-19(12-13-3-5-15(20-2)6-4-13)16(11-17)14-7-9-18-10-8-14/h3-10,16H,11-12,17H2,1-2H3. The van der Waals surface area contributed by atoms with E-state index in [0.29, 0.717) is 6.54 Å². The van der Waals surface area contributed by atoms with Crippen LogP contribution < -0.4 is 10.5 Å². The van der Waals surface area contributed by atoms with Gasteiger partial charge >= 0.3 is 0 Å². The van der Waals surface area contributed by atoms with Crippen molar-refractivity contribution in [3.8, 4) is 5.75 Å². The van der Waals surface area contributed by atoms with Gasteiger partial charge < -0.3 is 10.5 Å². The molecule has 0 aliphatic carbocycles. The number of pyridine rings is 1. The van der Waals surface area contributed by atoms with E-state index in [1.807, 2.05) is 24.3 Å². The number of aromatic nitrogens is 1. The maximum absolute atomic E-state index is 5.92. The van der Waals surface area contributed by atoms with Gasteiger partial charge in [-0.05, 0) is 42.4 Å². The van der Waals surface area contributed by atoms with Gasteiger partial charge in [-0.2, -0.15) is 0 Å². The molecule has 1 unspecified atom stereocenters. The minimum atomic E-state index is 0.195. The third kappa shape index (κ3) is 3.56. The van der Waals surface area contributed by atoms with Gasteiger partial charge in [0.25, 0.3) is 0 Å². The maximum atomic E-state index is 5.92. The third-order valence-corrected chi connectivity index (χ3v) is 3.44. The summed E-state index contributed by atoms with van der Waals surface area (Å²) in [6.07, 6.45) is 3.61. The first-order chi connectivity index (χ1) is 9.74. The Morgan fingerprint density at radius 1 is 1.15 bits per heavy atom. The van der Waals surface area contributed by atoms with Gasteiger partial charge in [-0.1, -0.05) is 12.1 Å². The lowest BCUT2D eigenvalue weighted by Gasteiger charge is -2.27. The molecule has 1 atom stereocenters. The van der Waals surface area contributed by atoms with Crippen LogP contribution >= 0.6 is 0 Å². The van der Waals surface area contributed by atoms with Gasteiger partial charge in [0.15, 0.2) is 0 Å². The quantitative estimate of drug-likeness (QED) is 0.875. The smallest absolute Gasteiger partial charge is 0.118 e. The maximum Gasteiger partial charge on any atom is 0.118 e. The summed E-state index contributed by atoms with van der Waals surface area (Å²) in [5.74, 6) is 0.876. The van der Waals surface area contributed by atoms with Gasteiger partial charge in [-0.25, -0.2) is 0 Å². The number of nitrogens with zero attached hydrogens (tertiary/aromatic N) is 2. The fraction of sp³-hybridized carbons (Fsp3) is 0.312. The van der Waals surface area contributed by atoms with Crippen molar-refractivity contribution in [3.05, 3.63) is 59.9 Å². The molecule has 1 heterocycles. The Balaban J connectivity index is 2.07. The van der Waals surface area contributed by atoms with Crippen LogP contribution in [0.4, 0.5) is 0 Å². The molecule has 0 saturated carbocycles. The molecule has 106 valence electrons. The van der Waals surface area contributed by atoms with Crippen LogP contribution in [-0.4, -0.2) is 30.6 Å². The van der Waals surface area contributed by atoms with Gasteiger partial charge in [-0.15, -0.1) is 0 Å². The van der Waals surface area contributed by atoms with E-state index in [2.05, 4.69) is 29.1 Å². The second-order valence-electron chi connectivity index (χ2n) is 4.80. The average Bonchev–Trinajstić information content (AvgIpc) is 2.50. The van der Waals surface area contributed by atoms with Gasteiger partial charge in [-0.3, -0.25) is 9.88 Å². The molecule has 4 heteroatoms. The lowest BCUT2D eigenvalue weighted by Crippen LogP contribution is -2.30. The van der Waals surface area contributed by atoms with E-state index in [-0.39, 0.29) is 6.04 Å². The monoisotopic (exact) mass is 271 g/mol. The number of methoxy groups -OCH3 is 1. The summed E-state index contributed by atoms with van der Waals surface area (Å²) in [5.41, 5.74) is 8.35. The van der Waals surface area contributed by atoms with Crippen LogP contribution in [0, 0.1) is 0 Å². The van der Waals surface area contributed by atoms with E-state index < -0.39 is 0 Å². The van der Waals surface area contributed by atoms with Crippen molar-refractivity contribution in [1.82, 2.24) is 9.88 Å². The van der Waals surface area contributed by atoms with E-state index in [0.717, 1.165) is 12.3 Å². The molecule has 1 aromatic heterocycles. The number of benzene rings is 1. The molecule has 2 N–H and O–H groups in total. The number of hydrogen-bond acceptors (Lipinski definition) is 4. The molecule has 0 saturated heterocycles. The summed E-state index contributed by atoms with van der Waals surface area (Å²) in [7, 11) is 3.76. The molecule has 0 radical (unpaired) electrons. The largest absolute Gasteiger partial charge is 0.497 e. The topological polar surface area (TPSA) is 51.4 Å². The second kappa shape index (κ2) is 7.03. The second-order valence-corrected chi connectivity index (χ2v) is 4.80. The highest BCUT2D eigenvalue weighted by Gasteiger charge is 2.15. The molecule has 0 aliphatic rings. The lowest BCUT2D eigenvalue weighted by atomic mass is 10.1. The Morgan fingerprint density at radius 3 is 2.35 bits per heavy atom. The Kier molecular flexibility index (Phi) is 5.09. The minimum Gasteiger partial charge on any atom is -0.497 e. The summed E-state index contributed by atoms with van der Waals surface area (Å²) >= 11 is 0. The summed E-state index contributed by atoms with van der Waals surface area (Å²) in [4.78, 5) is 6.30. The Labute approximate surface area is 120 Å². The van der Waals surface area contributed by atoms with Crippen molar-refractivity contribution in [3.63, 3.8) is 0 Å². The molecular formula is C16H21N3O. The van der Waals surface area contributed by atoms with E-state index in [1.54, 1.807) is 19.5 Å².